The number of carbonyl (C=O) groups excluding carboxylic acids is 1. The summed E-state index contributed by atoms with van der Waals surface area (Å²) in [5.74, 6) is -0.0926. The topological polar surface area (TPSA) is 69.7 Å². The number of amides is 1. The van der Waals surface area contributed by atoms with E-state index >= 15 is 0 Å². The molecule has 0 heterocycles. The third-order valence-electron chi connectivity index (χ3n) is 3.85. The van der Waals surface area contributed by atoms with Crippen LogP contribution in [-0.4, -0.2) is 57.3 Å². The van der Waals surface area contributed by atoms with Crippen molar-refractivity contribution in [2.75, 3.05) is 33.7 Å². The van der Waals surface area contributed by atoms with Gasteiger partial charge < -0.3 is 5.32 Å². The van der Waals surface area contributed by atoms with E-state index in [2.05, 4.69) is 17.1 Å². The van der Waals surface area contributed by atoms with E-state index in [1.54, 1.807) is 24.3 Å². The van der Waals surface area contributed by atoms with Gasteiger partial charge in [0.05, 0.1) is 11.4 Å². The Morgan fingerprint density at radius 2 is 1.83 bits per heavy atom. The Balaban J connectivity index is 2.73. The zero-order chi connectivity index (χ0) is 18.2. The van der Waals surface area contributed by atoms with E-state index in [-0.39, 0.29) is 17.3 Å². The molecule has 136 valence electrons. The van der Waals surface area contributed by atoms with Crippen molar-refractivity contribution in [2.24, 2.45) is 0 Å². The summed E-state index contributed by atoms with van der Waals surface area (Å²) in [5.41, 5.74) is 0.594. The number of sulfonamides is 1. The number of hydrogen-bond acceptors (Lipinski definition) is 4. The molecule has 1 amide bonds. The largest absolute Gasteiger partial charge is 0.351 e. The van der Waals surface area contributed by atoms with Gasteiger partial charge in [-0.15, -0.1) is 0 Å². The van der Waals surface area contributed by atoms with Gasteiger partial charge in [0.1, 0.15) is 0 Å². The molecule has 0 radical (unpaired) electrons. The van der Waals surface area contributed by atoms with E-state index in [9.17, 15) is 13.2 Å². The molecule has 1 aromatic rings. The van der Waals surface area contributed by atoms with Gasteiger partial charge >= 0.3 is 0 Å². The van der Waals surface area contributed by atoms with Crippen molar-refractivity contribution in [2.45, 2.75) is 38.1 Å². The lowest BCUT2D eigenvalue weighted by atomic mass is 10.2. The fourth-order valence-electron chi connectivity index (χ4n) is 2.28. The summed E-state index contributed by atoms with van der Waals surface area (Å²) < 4.78 is 25.9. The van der Waals surface area contributed by atoms with Crippen molar-refractivity contribution in [1.82, 2.24) is 14.5 Å². The van der Waals surface area contributed by atoms with Crippen molar-refractivity contribution < 1.29 is 13.2 Å². The molecule has 0 aliphatic heterocycles. The van der Waals surface area contributed by atoms with Gasteiger partial charge in [-0.1, -0.05) is 38.5 Å². The van der Waals surface area contributed by atoms with Crippen LogP contribution >= 0.6 is 0 Å². The molecule has 24 heavy (non-hydrogen) atoms. The van der Waals surface area contributed by atoms with Crippen LogP contribution in [0.5, 0.6) is 0 Å². The Morgan fingerprint density at radius 3 is 2.42 bits per heavy atom. The van der Waals surface area contributed by atoms with Crippen LogP contribution in [0, 0.1) is 0 Å². The van der Waals surface area contributed by atoms with E-state index in [1.807, 2.05) is 6.92 Å². The molecule has 0 unspecified atom stereocenters. The maximum absolute atomic E-state index is 12.3. The molecule has 0 saturated carbocycles. The van der Waals surface area contributed by atoms with Crippen molar-refractivity contribution in [3.05, 3.63) is 29.8 Å². The Bertz CT molecular complexity index is 630. The van der Waals surface area contributed by atoms with E-state index < -0.39 is 10.0 Å². The molecule has 0 bridgehead atoms. The molecule has 0 saturated heterocycles. The Kier molecular flexibility index (Phi) is 8.38. The molecule has 0 fully saturated rings. The minimum absolute atomic E-state index is 0.0926. The second-order valence-corrected chi connectivity index (χ2v) is 8.01. The van der Waals surface area contributed by atoms with Crippen molar-refractivity contribution in [3.63, 3.8) is 0 Å². The van der Waals surface area contributed by atoms with Crippen molar-refractivity contribution >= 4 is 15.9 Å². The van der Waals surface area contributed by atoms with Gasteiger partial charge in [0.25, 0.3) is 0 Å². The van der Waals surface area contributed by atoms with Crippen LogP contribution in [-0.2, 0) is 21.4 Å². The molecular formula is C17H29N3O3S. The molecule has 0 aliphatic rings. The van der Waals surface area contributed by atoms with Crippen LogP contribution in [0.1, 0.15) is 32.3 Å². The van der Waals surface area contributed by atoms with Gasteiger partial charge in [0.15, 0.2) is 0 Å². The van der Waals surface area contributed by atoms with Crippen LogP contribution in [0.4, 0.5) is 0 Å². The highest BCUT2D eigenvalue weighted by molar-refractivity contribution is 7.89. The van der Waals surface area contributed by atoms with Gasteiger partial charge in [-0.05, 0) is 31.1 Å². The molecular weight excluding hydrogens is 326 g/mol. The summed E-state index contributed by atoms with van der Waals surface area (Å²) in [7, 11) is -0.528. The van der Waals surface area contributed by atoms with E-state index in [4.69, 9.17) is 0 Å². The molecule has 1 rings (SSSR count). The van der Waals surface area contributed by atoms with E-state index in [0.717, 1.165) is 25.9 Å². The van der Waals surface area contributed by atoms with Gasteiger partial charge in [-0.2, -0.15) is 0 Å². The number of rotatable bonds is 10. The Morgan fingerprint density at radius 1 is 1.17 bits per heavy atom. The molecule has 0 aromatic heterocycles. The average Bonchev–Trinajstić information content (AvgIpc) is 2.56. The lowest BCUT2D eigenvalue weighted by Gasteiger charge is -2.20. The summed E-state index contributed by atoms with van der Waals surface area (Å²) in [5, 5.41) is 2.83. The van der Waals surface area contributed by atoms with Crippen LogP contribution in [0.15, 0.2) is 29.2 Å². The normalized spacial score (nSPS) is 11.9. The highest BCUT2D eigenvalue weighted by atomic mass is 32.2. The zero-order valence-electron chi connectivity index (χ0n) is 15.1. The van der Waals surface area contributed by atoms with Gasteiger partial charge in [0.2, 0.25) is 15.9 Å². The fourth-order valence-corrected chi connectivity index (χ4v) is 3.40. The predicted molar refractivity (Wildman–Crippen MR) is 96.2 cm³/mol. The maximum atomic E-state index is 12.3. The number of nitrogens with one attached hydrogen (secondary N) is 1. The van der Waals surface area contributed by atoms with E-state index in [1.165, 1.54) is 18.4 Å². The smallest absolute Gasteiger partial charge is 0.242 e. The summed E-state index contributed by atoms with van der Waals surface area (Å²) in [6.07, 6.45) is 2.15. The SMILES string of the molecule is CCCCN(CC)CC(=O)NCc1ccccc1S(=O)(=O)N(C)C. The summed E-state index contributed by atoms with van der Waals surface area (Å²) in [6.45, 7) is 6.40. The van der Waals surface area contributed by atoms with Gasteiger partial charge in [-0.25, -0.2) is 12.7 Å². The first kappa shape index (κ1) is 20.6. The quantitative estimate of drug-likeness (QED) is 0.693. The maximum Gasteiger partial charge on any atom is 0.242 e. The molecule has 7 heteroatoms. The zero-order valence-corrected chi connectivity index (χ0v) is 15.9. The molecule has 0 spiro atoms. The molecule has 0 aliphatic carbocycles. The van der Waals surface area contributed by atoms with E-state index in [0.29, 0.717) is 12.1 Å². The first-order valence-corrected chi connectivity index (χ1v) is 9.76. The first-order chi connectivity index (χ1) is 11.3. The number of hydrogen-bond donors (Lipinski definition) is 1. The molecule has 1 N–H and O–H groups in total. The minimum atomic E-state index is -3.52. The lowest BCUT2D eigenvalue weighted by Crippen LogP contribution is -2.37. The van der Waals surface area contributed by atoms with Crippen molar-refractivity contribution in [3.8, 4) is 0 Å². The molecule has 1 aromatic carbocycles. The fraction of sp³-hybridized carbons (Fsp3) is 0.588. The Hall–Kier alpha value is -1.44. The first-order valence-electron chi connectivity index (χ1n) is 8.32. The van der Waals surface area contributed by atoms with Crippen LogP contribution in [0.2, 0.25) is 0 Å². The van der Waals surface area contributed by atoms with Crippen LogP contribution in [0.25, 0.3) is 0 Å². The predicted octanol–water partition coefficient (Wildman–Crippen LogP) is 1.68. The second-order valence-electron chi connectivity index (χ2n) is 5.89. The molecule has 6 nitrogen and oxygen atoms in total. The summed E-state index contributed by atoms with van der Waals surface area (Å²) >= 11 is 0. The number of unbranched alkanes of at least 4 members (excludes halogenated alkanes) is 1. The standard InChI is InChI=1S/C17H29N3O3S/c1-5-7-12-20(6-2)14-17(21)18-13-15-10-8-9-11-16(15)24(22,23)19(3)4/h8-11H,5-7,12-14H2,1-4H3,(H,18,21). The minimum Gasteiger partial charge on any atom is -0.351 e. The third-order valence-corrected chi connectivity index (χ3v) is 5.77. The van der Waals surface area contributed by atoms with Gasteiger partial charge in [-0.3, -0.25) is 9.69 Å². The number of carbonyl (C=O) groups is 1. The highest BCUT2D eigenvalue weighted by Crippen LogP contribution is 2.18. The monoisotopic (exact) mass is 355 g/mol. The molecule has 0 atom stereocenters. The number of likely N-dealkylation sites (N-methyl/N-ethyl adjacent to an activating group) is 1. The highest BCUT2D eigenvalue weighted by Gasteiger charge is 2.20. The Labute approximate surface area is 145 Å². The number of nitrogens with zero attached hydrogens (tertiary/aromatic N) is 2. The third kappa shape index (κ3) is 5.89. The average molecular weight is 356 g/mol. The lowest BCUT2D eigenvalue weighted by molar-refractivity contribution is -0.122. The number of benzene rings is 1. The van der Waals surface area contributed by atoms with Crippen molar-refractivity contribution in [1.29, 1.82) is 0 Å². The summed E-state index contributed by atoms with van der Waals surface area (Å²) in [6, 6.07) is 6.75. The van der Waals surface area contributed by atoms with Gasteiger partial charge in [0, 0.05) is 20.6 Å². The summed E-state index contributed by atoms with van der Waals surface area (Å²) in [4.78, 5) is 14.4. The van der Waals surface area contributed by atoms with Crippen LogP contribution in [0.3, 0.4) is 0 Å². The second kappa shape index (κ2) is 9.76. The van der Waals surface area contributed by atoms with Crippen LogP contribution < -0.4 is 5.32 Å².